The molecular weight excluding hydrogens is 226 g/mol. The Kier molecular flexibility index (Phi) is 3.22. The molecule has 1 aromatic heterocycles. The van der Waals surface area contributed by atoms with E-state index in [4.69, 9.17) is 0 Å². The van der Waals surface area contributed by atoms with Gasteiger partial charge in [-0.05, 0) is 11.6 Å². The van der Waals surface area contributed by atoms with Crippen molar-refractivity contribution in [3.63, 3.8) is 0 Å². The van der Waals surface area contributed by atoms with Gasteiger partial charge < -0.3 is 5.32 Å². The molecule has 0 spiro atoms. The molecule has 1 aliphatic rings. The van der Waals surface area contributed by atoms with Gasteiger partial charge in [0.15, 0.2) is 0 Å². The molecule has 0 aromatic carbocycles. The number of hydrogen-bond donors (Lipinski definition) is 1. The zero-order valence-electron chi connectivity index (χ0n) is 9.13. The van der Waals surface area contributed by atoms with Crippen LogP contribution in [0, 0.1) is 0 Å². The van der Waals surface area contributed by atoms with Gasteiger partial charge in [0, 0.05) is 32.0 Å². The van der Waals surface area contributed by atoms with Crippen molar-refractivity contribution in [1.82, 2.24) is 14.6 Å². The number of piperazine rings is 1. The van der Waals surface area contributed by atoms with Gasteiger partial charge in [0.1, 0.15) is 0 Å². The topological polar surface area (TPSA) is 62.3 Å². The highest BCUT2D eigenvalue weighted by molar-refractivity contribution is 7.88. The maximum Gasteiger partial charge on any atom is 0.211 e. The van der Waals surface area contributed by atoms with Crippen molar-refractivity contribution in [3.8, 4) is 0 Å². The molecule has 5 nitrogen and oxygen atoms in total. The average Bonchev–Trinajstić information content (AvgIpc) is 2.29. The van der Waals surface area contributed by atoms with Gasteiger partial charge in [-0.1, -0.05) is 6.07 Å². The van der Waals surface area contributed by atoms with Crippen molar-refractivity contribution in [2.75, 3.05) is 25.9 Å². The van der Waals surface area contributed by atoms with E-state index in [0.29, 0.717) is 19.6 Å². The molecule has 0 bridgehead atoms. The number of nitrogens with one attached hydrogen (secondary N) is 1. The lowest BCUT2D eigenvalue weighted by Crippen LogP contribution is -2.48. The SMILES string of the molecule is CS(=O)(=O)N1CCNCC1c1cccnc1. The van der Waals surface area contributed by atoms with Crippen molar-refractivity contribution >= 4 is 10.0 Å². The van der Waals surface area contributed by atoms with Gasteiger partial charge in [0.25, 0.3) is 0 Å². The number of sulfonamides is 1. The second-order valence-corrected chi connectivity index (χ2v) is 5.82. The minimum atomic E-state index is -3.16. The first kappa shape index (κ1) is 11.5. The summed E-state index contributed by atoms with van der Waals surface area (Å²) in [7, 11) is -3.16. The maximum atomic E-state index is 11.6. The molecule has 1 aliphatic heterocycles. The molecule has 1 fully saturated rings. The number of aromatic nitrogens is 1. The molecule has 1 saturated heterocycles. The Balaban J connectivity index is 2.31. The van der Waals surface area contributed by atoms with Crippen molar-refractivity contribution < 1.29 is 8.42 Å². The Morgan fingerprint density at radius 1 is 1.56 bits per heavy atom. The van der Waals surface area contributed by atoms with Crippen molar-refractivity contribution in [1.29, 1.82) is 0 Å². The number of pyridine rings is 1. The molecule has 6 heteroatoms. The smallest absolute Gasteiger partial charge is 0.211 e. The second kappa shape index (κ2) is 4.48. The van der Waals surface area contributed by atoms with E-state index in [1.54, 1.807) is 12.4 Å². The van der Waals surface area contributed by atoms with Crippen LogP contribution < -0.4 is 5.32 Å². The first-order valence-electron chi connectivity index (χ1n) is 5.16. The molecule has 1 N–H and O–H groups in total. The van der Waals surface area contributed by atoms with Crippen LogP contribution in [0.2, 0.25) is 0 Å². The van der Waals surface area contributed by atoms with Gasteiger partial charge in [-0.2, -0.15) is 4.31 Å². The summed E-state index contributed by atoms with van der Waals surface area (Å²) in [5.41, 5.74) is 0.931. The van der Waals surface area contributed by atoms with E-state index in [0.717, 1.165) is 5.56 Å². The van der Waals surface area contributed by atoms with Gasteiger partial charge in [0.2, 0.25) is 10.0 Å². The summed E-state index contributed by atoms with van der Waals surface area (Å²) in [6, 6.07) is 3.59. The predicted molar refractivity (Wildman–Crippen MR) is 61.4 cm³/mol. The summed E-state index contributed by atoms with van der Waals surface area (Å²) in [4.78, 5) is 4.03. The zero-order valence-corrected chi connectivity index (χ0v) is 9.94. The zero-order chi connectivity index (χ0) is 11.6. The standard InChI is InChI=1S/C10H15N3O2S/c1-16(14,15)13-6-5-12-8-10(13)9-3-2-4-11-7-9/h2-4,7,10,12H,5-6,8H2,1H3. The second-order valence-electron chi connectivity index (χ2n) is 3.88. The molecule has 2 rings (SSSR count). The molecule has 1 atom stereocenters. The third-order valence-corrected chi connectivity index (χ3v) is 3.98. The highest BCUT2D eigenvalue weighted by atomic mass is 32.2. The van der Waals surface area contributed by atoms with E-state index in [9.17, 15) is 8.42 Å². The highest BCUT2D eigenvalue weighted by Crippen LogP contribution is 2.23. The molecule has 2 heterocycles. The summed E-state index contributed by atoms with van der Waals surface area (Å²) in [5, 5.41) is 3.20. The fraction of sp³-hybridized carbons (Fsp3) is 0.500. The van der Waals surface area contributed by atoms with Crippen LogP contribution in [-0.4, -0.2) is 43.6 Å². The monoisotopic (exact) mass is 241 g/mol. The summed E-state index contributed by atoms with van der Waals surface area (Å²) in [6.07, 6.45) is 4.65. The third-order valence-electron chi connectivity index (χ3n) is 2.69. The Morgan fingerprint density at radius 2 is 2.38 bits per heavy atom. The summed E-state index contributed by atoms with van der Waals surface area (Å²) in [6.45, 7) is 1.85. The fourth-order valence-electron chi connectivity index (χ4n) is 1.94. The number of rotatable bonds is 2. The van der Waals surface area contributed by atoms with E-state index in [-0.39, 0.29) is 6.04 Å². The van der Waals surface area contributed by atoms with Crippen molar-refractivity contribution in [2.24, 2.45) is 0 Å². The minimum absolute atomic E-state index is 0.141. The number of hydrogen-bond acceptors (Lipinski definition) is 4. The highest BCUT2D eigenvalue weighted by Gasteiger charge is 2.30. The Bertz CT molecular complexity index is 446. The van der Waals surface area contributed by atoms with E-state index in [1.807, 2.05) is 12.1 Å². The van der Waals surface area contributed by atoms with Crippen LogP contribution in [0.5, 0.6) is 0 Å². The first-order valence-corrected chi connectivity index (χ1v) is 7.01. The van der Waals surface area contributed by atoms with Crippen LogP contribution in [0.4, 0.5) is 0 Å². The predicted octanol–water partition coefficient (Wildman–Crippen LogP) is -0.0125. The van der Waals surface area contributed by atoms with Crippen molar-refractivity contribution in [2.45, 2.75) is 6.04 Å². The molecule has 16 heavy (non-hydrogen) atoms. The lowest BCUT2D eigenvalue weighted by Gasteiger charge is -2.34. The van der Waals surface area contributed by atoms with Gasteiger partial charge in [-0.25, -0.2) is 8.42 Å². The van der Waals surface area contributed by atoms with Gasteiger partial charge in [-0.15, -0.1) is 0 Å². The normalized spacial score (nSPS) is 23.2. The minimum Gasteiger partial charge on any atom is -0.313 e. The fourth-order valence-corrected chi connectivity index (χ4v) is 3.02. The summed E-state index contributed by atoms with van der Waals surface area (Å²) >= 11 is 0. The van der Waals surface area contributed by atoms with Crippen LogP contribution in [0.1, 0.15) is 11.6 Å². The maximum absolute atomic E-state index is 11.6. The molecule has 0 aliphatic carbocycles. The van der Waals surface area contributed by atoms with Crippen LogP contribution in [0.15, 0.2) is 24.5 Å². The Hall–Kier alpha value is -0.980. The molecular formula is C10H15N3O2S. The van der Waals surface area contributed by atoms with Gasteiger partial charge in [-0.3, -0.25) is 4.98 Å². The lowest BCUT2D eigenvalue weighted by molar-refractivity contribution is 0.273. The Labute approximate surface area is 95.5 Å². The van der Waals surface area contributed by atoms with Crippen LogP contribution in [0.25, 0.3) is 0 Å². The number of nitrogens with zero attached hydrogens (tertiary/aromatic N) is 2. The van der Waals surface area contributed by atoms with E-state index in [2.05, 4.69) is 10.3 Å². The Morgan fingerprint density at radius 3 is 3.00 bits per heavy atom. The first-order chi connectivity index (χ1) is 7.59. The van der Waals surface area contributed by atoms with E-state index < -0.39 is 10.0 Å². The summed E-state index contributed by atoms with van der Waals surface area (Å²) in [5.74, 6) is 0. The molecule has 1 unspecified atom stereocenters. The largest absolute Gasteiger partial charge is 0.313 e. The molecule has 0 radical (unpaired) electrons. The van der Waals surface area contributed by atoms with Crippen LogP contribution >= 0.6 is 0 Å². The molecule has 1 aromatic rings. The van der Waals surface area contributed by atoms with Gasteiger partial charge >= 0.3 is 0 Å². The molecule has 88 valence electrons. The quantitative estimate of drug-likeness (QED) is 0.791. The summed E-state index contributed by atoms with van der Waals surface area (Å²) < 4.78 is 24.8. The van der Waals surface area contributed by atoms with E-state index >= 15 is 0 Å². The molecule has 0 amide bonds. The average molecular weight is 241 g/mol. The van der Waals surface area contributed by atoms with E-state index in [1.165, 1.54) is 10.6 Å². The van der Waals surface area contributed by atoms with Crippen LogP contribution in [-0.2, 0) is 10.0 Å². The van der Waals surface area contributed by atoms with Gasteiger partial charge in [0.05, 0.1) is 12.3 Å². The lowest BCUT2D eigenvalue weighted by atomic mass is 10.1. The van der Waals surface area contributed by atoms with Crippen molar-refractivity contribution in [3.05, 3.63) is 30.1 Å². The van der Waals surface area contributed by atoms with Crippen LogP contribution in [0.3, 0.4) is 0 Å². The third kappa shape index (κ3) is 2.40. The molecule has 0 saturated carbocycles.